The van der Waals surface area contributed by atoms with Gasteiger partial charge in [-0.25, -0.2) is 8.42 Å². The van der Waals surface area contributed by atoms with Crippen LogP contribution in [0, 0.1) is 26.7 Å². The van der Waals surface area contributed by atoms with Gasteiger partial charge in [0.1, 0.15) is 4.90 Å². The number of aromatic nitrogens is 1. The lowest BCUT2D eigenvalue weighted by atomic mass is 9.98. The summed E-state index contributed by atoms with van der Waals surface area (Å²) in [5, 5.41) is 0. The molecule has 0 saturated carbocycles. The third-order valence-corrected chi connectivity index (χ3v) is 7.39. The van der Waals surface area contributed by atoms with Gasteiger partial charge in [-0.1, -0.05) is 25.1 Å². The number of hydrogen-bond acceptors (Lipinski definition) is 3. The van der Waals surface area contributed by atoms with Crippen molar-refractivity contribution in [1.82, 2.24) is 9.47 Å². The predicted octanol–water partition coefficient (Wildman–Crippen LogP) is 3.62. The molecule has 0 radical (unpaired) electrons. The summed E-state index contributed by atoms with van der Waals surface area (Å²) in [5.74, 6) is 0.395. The second-order valence-corrected chi connectivity index (χ2v) is 9.45. The van der Waals surface area contributed by atoms with E-state index in [-0.39, 0.29) is 16.4 Å². The monoisotopic (exact) mass is 403 g/mol. The highest BCUT2D eigenvalue weighted by molar-refractivity contribution is 7.92. The minimum absolute atomic E-state index is 0.0828. The molecule has 0 aliphatic carbocycles. The van der Waals surface area contributed by atoms with E-state index < -0.39 is 10.0 Å². The molecule has 2 aromatic rings. The van der Waals surface area contributed by atoms with Crippen LogP contribution in [0.2, 0.25) is 0 Å². The fourth-order valence-electron chi connectivity index (χ4n) is 3.75. The zero-order valence-corrected chi connectivity index (χ0v) is 18.1. The zero-order chi connectivity index (χ0) is 20.6. The molecule has 0 unspecified atom stereocenters. The summed E-state index contributed by atoms with van der Waals surface area (Å²) in [6.45, 7) is 8.91. The van der Waals surface area contributed by atoms with Gasteiger partial charge in [0, 0.05) is 31.5 Å². The van der Waals surface area contributed by atoms with Crippen LogP contribution in [0.15, 0.2) is 29.2 Å². The zero-order valence-electron chi connectivity index (χ0n) is 17.2. The van der Waals surface area contributed by atoms with Crippen molar-refractivity contribution < 1.29 is 13.2 Å². The molecular weight excluding hydrogens is 374 g/mol. The van der Waals surface area contributed by atoms with E-state index in [1.54, 1.807) is 42.5 Å². The van der Waals surface area contributed by atoms with E-state index in [1.807, 2.05) is 19.1 Å². The summed E-state index contributed by atoms with van der Waals surface area (Å²) in [5.41, 5.74) is 2.87. The molecule has 0 bridgehead atoms. The average Bonchev–Trinajstić information content (AvgIpc) is 2.88. The van der Waals surface area contributed by atoms with Gasteiger partial charge in [-0.3, -0.25) is 9.52 Å². The first kappa shape index (κ1) is 20.5. The molecule has 28 heavy (non-hydrogen) atoms. The number of aryl methyl sites for hydroxylation is 1. The minimum Gasteiger partial charge on any atom is -0.350 e. The molecule has 1 N–H and O–H groups in total. The highest BCUT2D eigenvalue weighted by atomic mass is 32.2. The Hall–Kier alpha value is -2.28. The highest BCUT2D eigenvalue weighted by Crippen LogP contribution is 2.31. The lowest BCUT2D eigenvalue weighted by Gasteiger charge is -2.30. The summed E-state index contributed by atoms with van der Waals surface area (Å²) in [7, 11) is -2.11. The first-order chi connectivity index (χ1) is 13.1. The van der Waals surface area contributed by atoms with E-state index in [0.29, 0.717) is 36.1 Å². The molecule has 6 nitrogen and oxygen atoms in total. The molecule has 152 valence electrons. The highest BCUT2D eigenvalue weighted by Gasteiger charge is 2.34. The molecule has 1 aromatic heterocycles. The number of benzene rings is 1. The summed E-state index contributed by atoms with van der Waals surface area (Å²) in [6.07, 6.45) is 1.89. The lowest BCUT2D eigenvalue weighted by molar-refractivity contribution is 0.0692. The van der Waals surface area contributed by atoms with Crippen LogP contribution < -0.4 is 4.72 Å². The largest absolute Gasteiger partial charge is 0.350 e. The van der Waals surface area contributed by atoms with Crippen molar-refractivity contribution in [1.29, 1.82) is 0 Å². The third kappa shape index (κ3) is 3.68. The van der Waals surface area contributed by atoms with Crippen LogP contribution in [0.4, 0.5) is 5.69 Å². The summed E-state index contributed by atoms with van der Waals surface area (Å²) >= 11 is 0. The van der Waals surface area contributed by atoms with Crippen molar-refractivity contribution in [3.63, 3.8) is 0 Å². The number of nitrogens with one attached hydrogen (secondary N) is 1. The number of carbonyl (C=O) groups excluding carboxylic acids is 1. The summed E-state index contributed by atoms with van der Waals surface area (Å²) < 4.78 is 31.1. The Balaban J connectivity index is 2.05. The van der Waals surface area contributed by atoms with Gasteiger partial charge in [-0.2, -0.15) is 0 Å². The minimum atomic E-state index is -3.91. The van der Waals surface area contributed by atoms with Crippen LogP contribution >= 0.6 is 0 Å². The molecular formula is C21H29N3O3S. The smallest absolute Gasteiger partial charge is 0.264 e. The van der Waals surface area contributed by atoms with Gasteiger partial charge in [-0.05, 0) is 51.2 Å². The molecule has 0 spiro atoms. The van der Waals surface area contributed by atoms with Gasteiger partial charge >= 0.3 is 0 Å². The SMILES string of the molecule is Cc1ccccc1NS(=O)(=O)c1c(C(=O)N2CCC(C)CC2)c(C)n(C)c1C. The molecule has 7 heteroatoms. The van der Waals surface area contributed by atoms with Crippen LogP contribution in [0.3, 0.4) is 0 Å². The Labute approximate surface area is 167 Å². The number of carbonyl (C=O) groups is 1. The van der Waals surface area contributed by atoms with Gasteiger partial charge in [0.15, 0.2) is 0 Å². The molecule has 1 amide bonds. The Bertz CT molecular complexity index is 1000. The lowest BCUT2D eigenvalue weighted by Crippen LogP contribution is -2.38. The van der Waals surface area contributed by atoms with E-state index >= 15 is 0 Å². The molecule has 1 fully saturated rings. The van der Waals surface area contributed by atoms with Crippen molar-refractivity contribution >= 4 is 21.6 Å². The number of piperidine rings is 1. The molecule has 1 aliphatic rings. The molecule has 1 aliphatic heterocycles. The fourth-order valence-corrected chi connectivity index (χ4v) is 5.40. The standard InChI is InChI=1S/C21H29N3O3S/c1-14-10-12-24(13-11-14)21(25)19-16(3)23(5)17(4)20(19)28(26,27)22-18-9-7-6-8-15(18)2/h6-9,14,22H,10-13H2,1-5H3. The molecule has 2 heterocycles. The number of amides is 1. The number of para-hydroxylation sites is 1. The van der Waals surface area contributed by atoms with E-state index in [4.69, 9.17) is 0 Å². The van der Waals surface area contributed by atoms with Crippen molar-refractivity contribution in [3.8, 4) is 0 Å². The fraction of sp³-hybridized carbons (Fsp3) is 0.476. The summed E-state index contributed by atoms with van der Waals surface area (Å²) in [4.78, 5) is 15.2. The molecule has 3 rings (SSSR count). The molecule has 0 atom stereocenters. The third-order valence-electron chi connectivity index (χ3n) is 5.87. The first-order valence-electron chi connectivity index (χ1n) is 9.67. The van der Waals surface area contributed by atoms with Crippen molar-refractivity contribution in [2.75, 3.05) is 17.8 Å². The van der Waals surface area contributed by atoms with Crippen LogP contribution in [0.25, 0.3) is 0 Å². The Kier molecular flexibility index (Phi) is 5.57. The maximum atomic E-state index is 13.3. The van der Waals surface area contributed by atoms with Crippen LogP contribution in [-0.2, 0) is 17.1 Å². The van der Waals surface area contributed by atoms with Crippen LogP contribution in [-0.4, -0.2) is 36.9 Å². The quantitative estimate of drug-likeness (QED) is 0.847. The van der Waals surface area contributed by atoms with Gasteiger partial charge in [0.2, 0.25) is 0 Å². The number of sulfonamides is 1. The topological polar surface area (TPSA) is 71.4 Å². The van der Waals surface area contributed by atoms with E-state index in [9.17, 15) is 13.2 Å². The van der Waals surface area contributed by atoms with Crippen molar-refractivity contribution in [3.05, 3.63) is 46.8 Å². The normalized spacial score (nSPS) is 15.7. The Morgan fingerprint density at radius 1 is 1.07 bits per heavy atom. The maximum absolute atomic E-state index is 13.3. The first-order valence-corrected chi connectivity index (χ1v) is 11.2. The average molecular weight is 404 g/mol. The predicted molar refractivity (Wildman–Crippen MR) is 111 cm³/mol. The number of rotatable bonds is 4. The number of nitrogens with zero attached hydrogens (tertiary/aromatic N) is 2. The van der Waals surface area contributed by atoms with Crippen molar-refractivity contribution in [2.45, 2.75) is 45.4 Å². The van der Waals surface area contributed by atoms with Crippen molar-refractivity contribution in [2.24, 2.45) is 13.0 Å². The number of anilines is 1. The van der Waals surface area contributed by atoms with Crippen LogP contribution in [0.5, 0.6) is 0 Å². The van der Waals surface area contributed by atoms with E-state index in [0.717, 1.165) is 18.4 Å². The van der Waals surface area contributed by atoms with Gasteiger partial charge in [0.05, 0.1) is 11.3 Å². The Morgan fingerprint density at radius 3 is 2.29 bits per heavy atom. The Morgan fingerprint density at radius 2 is 1.68 bits per heavy atom. The molecule has 1 saturated heterocycles. The second-order valence-electron chi connectivity index (χ2n) is 7.83. The number of hydrogen-bond donors (Lipinski definition) is 1. The molecule has 1 aromatic carbocycles. The van der Waals surface area contributed by atoms with Gasteiger partial charge in [-0.15, -0.1) is 0 Å². The maximum Gasteiger partial charge on any atom is 0.264 e. The van der Waals surface area contributed by atoms with E-state index in [1.165, 1.54) is 0 Å². The number of likely N-dealkylation sites (tertiary alicyclic amines) is 1. The second kappa shape index (κ2) is 7.62. The van der Waals surface area contributed by atoms with Gasteiger partial charge < -0.3 is 9.47 Å². The summed E-state index contributed by atoms with van der Waals surface area (Å²) in [6, 6.07) is 7.22. The van der Waals surface area contributed by atoms with E-state index in [2.05, 4.69) is 11.6 Å². The van der Waals surface area contributed by atoms with Crippen LogP contribution in [0.1, 0.15) is 47.1 Å². The van der Waals surface area contributed by atoms with Gasteiger partial charge in [0.25, 0.3) is 15.9 Å².